The fourth-order valence-corrected chi connectivity index (χ4v) is 4.04. The Morgan fingerprint density at radius 1 is 1.24 bits per heavy atom. The standard InChI is InChI=1S/C25H18ClN3O4S/c1-14(2)32-24(30)15-3-6-19(7-4-15)28-12-17(11-27)23-29-21(13-34-23)20-10-16-9-18(26)5-8-22(16)33-25(20)31/h3-10,12-14,28H,1-2H3. The Labute approximate surface area is 203 Å². The molecule has 0 aliphatic heterocycles. The maximum absolute atomic E-state index is 12.5. The maximum atomic E-state index is 12.5. The van der Waals surface area contributed by atoms with Crippen molar-refractivity contribution in [2.24, 2.45) is 0 Å². The Balaban J connectivity index is 1.55. The van der Waals surface area contributed by atoms with Gasteiger partial charge in [0.1, 0.15) is 22.2 Å². The Kier molecular flexibility index (Phi) is 6.77. The summed E-state index contributed by atoms with van der Waals surface area (Å²) in [6, 6.07) is 15.5. The van der Waals surface area contributed by atoms with E-state index in [1.165, 1.54) is 17.5 Å². The third-order valence-electron chi connectivity index (χ3n) is 4.67. The lowest BCUT2D eigenvalue weighted by atomic mass is 10.1. The molecule has 2 heterocycles. The van der Waals surface area contributed by atoms with Gasteiger partial charge in [-0.2, -0.15) is 5.26 Å². The molecule has 0 saturated carbocycles. The van der Waals surface area contributed by atoms with Crippen molar-refractivity contribution in [2.45, 2.75) is 20.0 Å². The number of rotatable bonds is 6. The zero-order valence-corrected chi connectivity index (χ0v) is 19.7. The summed E-state index contributed by atoms with van der Waals surface area (Å²) in [7, 11) is 0. The normalized spacial score (nSPS) is 11.4. The summed E-state index contributed by atoms with van der Waals surface area (Å²) in [6.45, 7) is 3.57. The fourth-order valence-electron chi connectivity index (χ4n) is 3.08. The first-order valence-electron chi connectivity index (χ1n) is 10.2. The van der Waals surface area contributed by atoms with Crippen LogP contribution in [0.15, 0.2) is 69.3 Å². The molecule has 9 heteroatoms. The van der Waals surface area contributed by atoms with E-state index in [0.717, 1.165) is 0 Å². The van der Waals surface area contributed by atoms with Gasteiger partial charge in [0.2, 0.25) is 0 Å². The van der Waals surface area contributed by atoms with Gasteiger partial charge in [0, 0.05) is 27.7 Å². The van der Waals surface area contributed by atoms with E-state index in [1.807, 2.05) is 0 Å². The highest BCUT2D eigenvalue weighted by molar-refractivity contribution is 7.11. The van der Waals surface area contributed by atoms with Crippen molar-refractivity contribution in [3.8, 4) is 17.3 Å². The molecule has 7 nitrogen and oxygen atoms in total. The van der Waals surface area contributed by atoms with Crippen LogP contribution in [-0.2, 0) is 4.74 Å². The highest BCUT2D eigenvalue weighted by Crippen LogP contribution is 2.27. The van der Waals surface area contributed by atoms with Gasteiger partial charge in [0.25, 0.3) is 0 Å². The number of thiazole rings is 1. The Hall–Kier alpha value is -3.93. The summed E-state index contributed by atoms with van der Waals surface area (Å²) in [5.41, 5.74) is 1.99. The molecule has 1 N–H and O–H groups in total. The molecule has 0 amide bonds. The minimum absolute atomic E-state index is 0.201. The van der Waals surface area contributed by atoms with Crippen LogP contribution in [0.3, 0.4) is 0 Å². The number of hydrogen-bond donors (Lipinski definition) is 1. The molecular weight excluding hydrogens is 474 g/mol. The zero-order chi connectivity index (χ0) is 24.2. The van der Waals surface area contributed by atoms with Crippen molar-refractivity contribution in [1.82, 2.24) is 4.98 Å². The lowest BCUT2D eigenvalue weighted by Gasteiger charge is -2.08. The first-order valence-corrected chi connectivity index (χ1v) is 11.5. The summed E-state index contributed by atoms with van der Waals surface area (Å²) in [5.74, 6) is -0.398. The molecule has 170 valence electrons. The van der Waals surface area contributed by atoms with E-state index in [9.17, 15) is 14.9 Å². The number of allylic oxidation sites excluding steroid dienone is 1. The van der Waals surface area contributed by atoms with Crippen LogP contribution in [0.5, 0.6) is 0 Å². The van der Waals surface area contributed by atoms with E-state index in [2.05, 4.69) is 16.4 Å². The number of ether oxygens (including phenoxy) is 1. The van der Waals surface area contributed by atoms with Gasteiger partial charge in [-0.25, -0.2) is 14.6 Å². The van der Waals surface area contributed by atoms with Crippen LogP contribution in [0.25, 0.3) is 27.8 Å². The fraction of sp³-hybridized carbons (Fsp3) is 0.120. The minimum Gasteiger partial charge on any atom is -0.459 e. The van der Waals surface area contributed by atoms with Crippen LogP contribution in [0.1, 0.15) is 29.2 Å². The molecule has 0 bridgehead atoms. The van der Waals surface area contributed by atoms with Crippen molar-refractivity contribution < 1.29 is 13.9 Å². The van der Waals surface area contributed by atoms with E-state index >= 15 is 0 Å². The number of nitrogens with one attached hydrogen (secondary N) is 1. The van der Waals surface area contributed by atoms with Gasteiger partial charge in [0.15, 0.2) is 0 Å². The molecule has 34 heavy (non-hydrogen) atoms. The van der Waals surface area contributed by atoms with Gasteiger partial charge in [-0.05, 0) is 62.4 Å². The van der Waals surface area contributed by atoms with Gasteiger partial charge in [-0.3, -0.25) is 0 Å². The minimum atomic E-state index is -0.525. The summed E-state index contributed by atoms with van der Waals surface area (Å²) in [5, 5.41) is 16.0. The molecule has 0 unspecified atom stereocenters. The van der Waals surface area contributed by atoms with E-state index in [0.29, 0.717) is 37.9 Å². The average Bonchev–Trinajstić information content (AvgIpc) is 3.29. The molecule has 0 radical (unpaired) electrons. The molecule has 0 aliphatic carbocycles. The first kappa shape index (κ1) is 23.2. The maximum Gasteiger partial charge on any atom is 0.345 e. The molecule has 0 saturated heterocycles. The Morgan fingerprint density at radius 2 is 2.00 bits per heavy atom. The van der Waals surface area contributed by atoms with Crippen molar-refractivity contribution in [2.75, 3.05) is 5.32 Å². The van der Waals surface area contributed by atoms with Gasteiger partial charge >= 0.3 is 11.6 Å². The van der Waals surface area contributed by atoms with Crippen molar-refractivity contribution >= 4 is 51.1 Å². The molecular formula is C25H18ClN3O4S. The molecule has 0 fully saturated rings. The van der Waals surface area contributed by atoms with E-state index in [1.54, 1.807) is 67.8 Å². The lowest BCUT2D eigenvalue weighted by molar-refractivity contribution is 0.0378. The van der Waals surface area contributed by atoms with E-state index < -0.39 is 11.6 Å². The van der Waals surface area contributed by atoms with Crippen LogP contribution in [0.4, 0.5) is 5.69 Å². The summed E-state index contributed by atoms with van der Waals surface area (Å²) < 4.78 is 10.5. The van der Waals surface area contributed by atoms with Crippen molar-refractivity contribution in [3.63, 3.8) is 0 Å². The number of carbonyl (C=O) groups is 1. The average molecular weight is 492 g/mol. The molecule has 2 aromatic heterocycles. The highest BCUT2D eigenvalue weighted by Gasteiger charge is 2.14. The number of hydrogen-bond acceptors (Lipinski definition) is 8. The predicted molar refractivity (Wildman–Crippen MR) is 133 cm³/mol. The smallest absolute Gasteiger partial charge is 0.345 e. The number of nitrogens with zero attached hydrogens (tertiary/aromatic N) is 2. The molecule has 4 aromatic rings. The number of fused-ring (bicyclic) bond motifs is 1. The number of carbonyl (C=O) groups excluding carboxylic acids is 1. The second-order valence-corrected chi connectivity index (χ2v) is 8.81. The van der Waals surface area contributed by atoms with Crippen molar-refractivity contribution in [1.29, 1.82) is 5.26 Å². The Bertz CT molecular complexity index is 1500. The highest BCUT2D eigenvalue weighted by atomic mass is 35.5. The molecule has 0 spiro atoms. The predicted octanol–water partition coefficient (Wildman–Crippen LogP) is 6.11. The Morgan fingerprint density at radius 3 is 2.71 bits per heavy atom. The number of esters is 1. The van der Waals surface area contributed by atoms with E-state index in [-0.39, 0.29) is 17.2 Å². The van der Waals surface area contributed by atoms with E-state index in [4.69, 9.17) is 20.8 Å². The second kappa shape index (κ2) is 9.91. The van der Waals surface area contributed by atoms with Gasteiger partial charge in [-0.15, -0.1) is 11.3 Å². The lowest BCUT2D eigenvalue weighted by Crippen LogP contribution is -2.11. The third-order valence-corrected chi connectivity index (χ3v) is 5.78. The molecule has 0 aliphatic rings. The van der Waals surface area contributed by atoms with Crippen LogP contribution in [0, 0.1) is 11.3 Å². The van der Waals surface area contributed by atoms with Gasteiger partial charge in [0.05, 0.1) is 22.9 Å². The monoisotopic (exact) mass is 491 g/mol. The quantitative estimate of drug-likeness (QED) is 0.197. The van der Waals surface area contributed by atoms with Crippen LogP contribution < -0.4 is 10.9 Å². The summed E-state index contributed by atoms with van der Waals surface area (Å²) in [4.78, 5) is 28.9. The SMILES string of the molecule is CC(C)OC(=O)c1ccc(NC=C(C#N)c2nc(-c3cc4cc(Cl)ccc4oc3=O)cs2)cc1. The molecule has 2 aromatic carbocycles. The van der Waals surface area contributed by atoms with Crippen molar-refractivity contribution in [3.05, 3.63) is 86.1 Å². The number of anilines is 1. The second-order valence-electron chi connectivity index (χ2n) is 7.51. The van der Waals surface area contributed by atoms with Gasteiger partial charge in [-0.1, -0.05) is 11.6 Å². The van der Waals surface area contributed by atoms with Gasteiger partial charge < -0.3 is 14.5 Å². The topological polar surface area (TPSA) is 105 Å². The zero-order valence-electron chi connectivity index (χ0n) is 18.2. The number of benzene rings is 2. The largest absolute Gasteiger partial charge is 0.459 e. The first-order chi connectivity index (χ1) is 16.3. The molecule has 4 rings (SSSR count). The molecule has 0 atom stereocenters. The number of nitriles is 1. The van der Waals surface area contributed by atoms with Crippen LogP contribution >= 0.6 is 22.9 Å². The van der Waals surface area contributed by atoms with Crippen LogP contribution in [0.2, 0.25) is 5.02 Å². The summed E-state index contributed by atoms with van der Waals surface area (Å²) >= 11 is 7.28. The van der Waals surface area contributed by atoms with Crippen LogP contribution in [-0.4, -0.2) is 17.1 Å². The summed E-state index contributed by atoms with van der Waals surface area (Å²) in [6.07, 6.45) is 1.32. The number of aromatic nitrogens is 1. The third kappa shape index (κ3) is 5.17. The number of halogens is 1.